The van der Waals surface area contributed by atoms with Crippen molar-refractivity contribution in [2.24, 2.45) is 0 Å². The number of halogens is 1. The normalized spacial score (nSPS) is 32.9. The quantitative estimate of drug-likeness (QED) is 0.589. The van der Waals surface area contributed by atoms with Gasteiger partial charge in [-0.05, 0) is 6.07 Å². The van der Waals surface area contributed by atoms with E-state index >= 15 is 0 Å². The first kappa shape index (κ1) is 21.6. The molecule has 1 aromatic heterocycles. The van der Waals surface area contributed by atoms with E-state index in [4.69, 9.17) is 9.47 Å². The number of nitrogens with one attached hydrogen (secondary N) is 1. The highest BCUT2D eigenvalue weighted by atomic mass is 32.2. The first-order chi connectivity index (χ1) is 14.3. The summed E-state index contributed by atoms with van der Waals surface area (Å²) in [6, 6.07) is 1.59. The molecule has 0 bridgehead atoms. The van der Waals surface area contributed by atoms with Crippen molar-refractivity contribution < 1.29 is 32.2 Å². The number of amides is 1. The average molecular weight is 443 g/mol. The molecule has 3 fully saturated rings. The molecule has 5 unspecified atom stereocenters. The SMILES string of the molecule is O=C(CC1CC2OC(CNCc3ccncc3F)C(O)C2O1)N1CCS(=O)(=O)CC1. The molecule has 30 heavy (non-hydrogen) atoms. The van der Waals surface area contributed by atoms with Crippen LogP contribution in [0.5, 0.6) is 0 Å². The van der Waals surface area contributed by atoms with Crippen LogP contribution in [0.4, 0.5) is 4.39 Å². The largest absolute Gasteiger partial charge is 0.388 e. The van der Waals surface area contributed by atoms with E-state index in [1.807, 2.05) is 0 Å². The number of hydrogen-bond donors (Lipinski definition) is 2. The average Bonchev–Trinajstić information content (AvgIpc) is 3.22. The number of aromatic nitrogens is 1. The van der Waals surface area contributed by atoms with Crippen LogP contribution in [-0.4, -0.2) is 91.0 Å². The molecule has 3 aliphatic heterocycles. The van der Waals surface area contributed by atoms with Crippen LogP contribution < -0.4 is 5.32 Å². The van der Waals surface area contributed by atoms with E-state index < -0.39 is 34.0 Å². The highest BCUT2D eigenvalue weighted by Crippen LogP contribution is 2.35. The maximum atomic E-state index is 13.6. The van der Waals surface area contributed by atoms with Gasteiger partial charge in [0.25, 0.3) is 0 Å². The van der Waals surface area contributed by atoms with Gasteiger partial charge in [0.05, 0.1) is 42.4 Å². The van der Waals surface area contributed by atoms with Gasteiger partial charge in [-0.25, -0.2) is 12.8 Å². The predicted octanol–water partition coefficient (Wildman–Crippen LogP) is -0.757. The maximum Gasteiger partial charge on any atom is 0.225 e. The minimum atomic E-state index is -3.04. The molecule has 4 rings (SSSR count). The number of ether oxygens (including phenoxy) is 2. The van der Waals surface area contributed by atoms with Gasteiger partial charge in [0, 0.05) is 44.4 Å². The highest BCUT2D eigenvalue weighted by molar-refractivity contribution is 7.91. The van der Waals surface area contributed by atoms with Gasteiger partial charge in [0.15, 0.2) is 9.84 Å². The highest BCUT2D eigenvalue weighted by Gasteiger charge is 2.50. The fraction of sp³-hybridized carbons (Fsp3) is 0.684. The lowest BCUT2D eigenvalue weighted by atomic mass is 10.1. The molecule has 0 aliphatic carbocycles. The zero-order valence-electron chi connectivity index (χ0n) is 16.4. The number of carbonyl (C=O) groups excluding carboxylic acids is 1. The van der Waals surface area contributed by atoms with E-state index in [1.54, 1.807) is 11.0 Å². The summed E-state index contributed by atoms with van der Waals surface area (Å²) in [5.74, 6) is -0.538. The van der Waals surface area contributed by atoms with Crippen LogP contribution in [0.25, 0.3) is 0 Å². The van der Waals surface area contributed by atoms with Crippen LogP contribution in [0.15, 0.2) is 18.5 Å². The van der Waals surface area contributed by atoms with Crippen LogP contribution in [0.2, 0.25) is 0 Å². The number of pyridine rings is 1. The molecule has 0 saturated carbocycles. The molecule has 0 aromatic carbocycles. The Kier molecular flexibility index (Phi) is 6.35. The van der Waals surface area contributed by atoms with Crippen molar-refractivity contribution in [1.29, 1.82) is 0 Å². The van der Waals surface area contributed by atoms with Crippen LogP contribution in [-0.2, 0) is 30.7 Å². The van der Waals surface area contributed by atoms with E-state index in [1.165, 1.54) is 6.20 Å². The van der Waals surface area contributed by atoms with E-state index in [0.29, 0.717) is 25.1 Å². The topological polar surface area (TPSA) is 118 Å². The van der Waals surface area contributed by atoms with Crippen molar-refractivity contribution in [2.45, 2.75) is 49.9 Å². The van der Waals surface area contributed by atoms with E-state index in [2.05, 4.69) is 10.3 Å². The molecule has 11 heteroatoms. The van der Waals surface area contributed by atoms with Crippen molar-refractivity contribution in [1.82, 2.24) is 15.2 Å². The Morgan fingerprint density at radius 2 is 2.10 bits per heavy atom. The van der Waals surface area contributed by atoms with Gasteiger partial charge in [0.2, 0.25) is 5.91 Å². The standard InChI is InChI=1S/C19H26FN3O6S/c20-14-10-21-2-1-12(14)9-22-11-16-18(25)19-15(29-16)7-13(28-19)8-17(24)23-3-5-30(26,27)6-4-23/h1-2,10,13,15-16,18-19,22,25H,3-9,11H2. The van der Waals surface area contributed by atoms with Crippen LogP contribution in [0, 0.1) is 5.82 Å². The molecule has 4 heterocycles. The summed E-state index contributed by atoms with van der Waals surface area (Å²) < 4.78 is 48.4. The summed E-state index contributed by atoms with van der Waals surface area (Å²) in [7, 11) is -3.04. The molecule has 166 valence electrons. The molecule has 5 atom stereocenters. The van der Waals surface area contributed by atoms with Crippen LogP contribution >= 0.6 is 0 Å². The third-order valence-corrected chi connectivity index (χ3v) is 7.50. The minimum Gasteiger partial charge on any atom is -0.388 e. The lowest BCUT2D eigenvalue weighted by molar-refractivity contribution is -0.134. The number of carbonyl (C=O) groups is 1. The number of nitrogens with zero attached hydrogens (tertiary/aromatic N) is 2. The van der Waals surface area contributed by atoms with Gasteiger partial charge in [-0.1, -0.05) is 0 Å². The molecule has 1 amide bonds. The zero-order chi connectivity index (χ0) is 21.3. The molecular formula is C19H26FN3O6S. The van der Waals surface area contributed by atoms with Crippen molar-refractivity contribution in [3.05, 3.63) is 29.8 Å². The molecule has 9 nitrogen and oxygen atoms in total. The Hall–Kier alpha value is -1.66. The summed E-state index contributed by atoms with van der Waals surface area (Å²) >= 11 is 0. The van der Waals surface area contributed by atoms with Crippen molar-refractivity contribution in [3.8, 4) is 0 Å². The Morgan fingerprint density at radius 1 is 1.33 bits per heavy atom. The molecular weight excluding hydrogens is 417 g/mol. The Morgan fingerprint density at radius 3 is 2.80 bits per heavy atom. The van der Waals surface area contributed by atoms with Gasteiger partial charge < -0.3 is 24.8 Å². The van der Waals surface area contributed by atoms with Gasteiger partial charge in [-0.15, -0.1) is 0 Å². The molecule has 0 spiro atoms. The third-order valence-electron chi connectivity index (χ3n) is 5.90. The molecule has 3 saturated heterocycles. The fourth-order valence-electron chi connectivity index (χ4n) is 4.19. The molecule has 0 radical (unpaired) electrons. The van der Waals surface area contributed by atoms with Crippen molar-refractivity contribution in [3.63, 3.8) is 0 Å². The van der Waals surface area contributed by atoms with Gasteiger partial charge >= 0.3 is 0 Å². The Balaban J connectivity index is 1.22. The maximum absolute atomic E-state index is 13.6. The first-order valence-electron chi connectivity index (χ1n) is 10.1. The van der Waals surface area contributed by atoms with Crippen molar-refractivity contribution in [2.75, 3.05) is 31.1 Å². The monoisotopic (exact) mass is 443 g/mol. The first-order valence-corrected chi connectivity index (χ1v) is 11.9. The molecule has 1 aromatic rings. The second-order valence-corrected chi connectivity index (χ2v) is 10.3. The van der Waals surface area contributed by atoms with E-state index in [0.717, 1.165) is 6.20 Å². The summed E-state index contributed by atoms with van der Waals surface area (Å²) in [6.07, 6.45) is 0.823. The number of rotatable bonds is 6. The Labute approximate surface area is 174 Å². The number of fused-ring (bicyclic) bond motifs is 1. The van der Waals surface area contributed by atoms with Crippen LogP contribution in [0.3, 0.4) is 0 Å². The second-order valence-electron chi connectivity index (χ2n) is 8.00. The Bertz CT molecular complexity index is 871. The van der Waals surface area contributed by atoms with Crippen molar-refractivity contribution >= 4 is 15.7 Å². The molecule has 2 N–H and O–H groups in total. The minimum absolute atomic E-state index is 0.00455. The predicted molar refractivity (Wildman–Crippen MR) is 104 cm³/mol. The second kappa shape index (κ2) is 8.83. The van der Waals surface area contributed by atoms with Gasteiger partial charge in [-0.2, -0.15) is 0 Å². The van der Waals surface area contributed by atoms with E-state index in [9.17, 15) is 22.7 Å². The summed E-state index contributed by atoms with van der Waals surface area (Å²) in [5.41, 5.74) is 0.484. The number of aliphatic hydroxyl groups is 1. The summed E-state index contributed by atoms with van der Waals surface area (Å²) in [5, 5.41) is 13.6. The number of hydrogen-bond acceptors (Lipinski definition) is 8. The smallest absolute Gasteiger partial charge is 0.225 e. The molecule has 3 aliphatic rings. The number of sulfone groups is 1. The van der Waals surface area contributed by atoms with E-state index in [-0.39, 0.29) is 49.1 Å². The zero-order valence-corrected chi connectivity index (χ0v) is 17.3. The lowest BCUT2D eigenvalue weighted by Gasteiger charge is -2.28. The van der Waals surface area contributed by atoms with Gasteiger partial charge in [-0.3, -0.25) is 9.78 Å². The van der Waals surface area contributed by atoms with Gasteiger partial charge in [0.1, 0.15) is 18.0 Å². The fourth-order valence-corrected chi connectivity index (χ4v) is 5.39. The lowest BCUT2D eigenvalue weighted by Crippen LogP contribution is -2.44. The summed E-state index contributed by atoms with van der Waals surface area (Å²) in [4.78, 5) is 17.7. The van der Waals surface area contributed by atoms with Crippen LogP contribution in [0.1, 0.15) is 18.4 Å². The third kappa shape index (κ3) is 4.80. The number of aliphatic hydroxyl groups excluding tert-OH is 1. The summed E-state index contributed by atoms with van der Waals surface area (Å²) in [6.45, 7) is 1.06.